The van der Waals surface area contributed by atoms with Crippen LogP contribution < -0.4 is 21.3 Å². The summed E-state index contributed by atoms with van der Waals surface area (Å²) in [6.07, 6.45) is 0. The van der Waals surface area contributed by atoms with Crippen LogP contribution in [0.2, 0.25) is 0 Å². The smallest absolute Gasteiger partial charge is 0.323 e. The highest BCUT2D eigenvalue weighted by Crippen LogP contribution is 2.26. The van der Waals surface area contributed by atoms with Crippen LogP contribution >= 0.6 is 0 Å². The maximum atomic E-state index is 5.37. The van der Waals surface area contributed by atoms with Gasteiger partial charge >= 0.3 is 6.01 Å². The van der Waals surface area contributed by atoms with E-state index in [0.29, 0.717) is 18.5 Å². The van der Waals surface area contributed by atoms with Crippen molar-refractivity contribution in [2.75, 3.05) is 17.3 Å². The quantitative estimate of drug-likeness (QED) is 0.554. The third-order valence-corrected chi connectivity index (χ3v) is 2.85. The first-order valence-corrected chi connectivity index (χ1v) is 6.85. The predicted molar refractivity (Wildman–Crippen MR) is 82.6 cm³/mol. The van der Waals surface area contributed by atoms with Gasteiger partial charge in [-0.15, -0.1) is 0 Å². The summed E-state index contributed by atoms with van der Waals surface area (Å²) in [7, 11) is 0. The second kappa shape index (κ2) is 6.85. The molecule has 21 heavy (non-hydrogen) atoms. The zero-order valence-electron chi connectivity index (χ0n) is 12.4. The number of hydrazine groups is 1. The highest BCUT2D eigenvalue weighted by atomic mass is 16.5. The van der Waals surface area contributed by atoms with Crippen LogP contribution in [0.25, 0.3) is 0 Å². The molecule has 0 aliphatic carbocycles. The normalized spacial score (nSPS) is 10.5. The van der Waals surface area contributed by atoms with Gasteiger partial charge in [-0.3, -0.25) is 5.43 Å². The molecule has 0 fully saturated rings. The fourth-order valence-corrected chi connectivity index (χ4v) is 1.91. The van der Waals surface area contributed by atoms with E-state index in [9.17, 15) is 0 Å². The zero-order chi connectivity index (χ0) is 15.2. The van der Waals surface area contributed by atoms with Crippen LogP contribution in [0.5, 0.6) is 6.01 Å². The Hall–Kier alpha value is -2.41. The molecule has 112 valence electrons. The van der Waals surface area contributed by atoms with Crippen LogP contribution in [0.15, 0.2) is 24.3 Å². The van der Waals surface area contributed by atoms with Crippen LogP contribution in [0.1, 0.15) is 32.3 Å². The van der Waals surface area contributed by atoms with Crippen molar-refractivity contribution in [1.29, 1.82) is 0 Å². The van der Waals surface area contributed by atoms with Gasteiger partial charge in [0.25, 0.3) is 0 Å². The number of anilines is 3. The lowest BCUT2D eigenvalue weighted by molar-refractivity contribution is 0.312. The van der Waals surface area contributed by atoms with Crippen LogP contribution in [-0.2, 0) is 0 Å². The van der Waals surface area contributed by atoms with Gasteiger partial charge in [0.1, 0.15) is 0 Å². The van der Waals surface area contributed by atoms with Gasteiger partial charge < -0.3 is 10.1 Å². The molecular weight excluding hydrogens is 268 g/mol. The van der Waals surface area contributed by atoms with Gasteiger partial charge in [0.15, 0.2) is 0 Å². The maximum absolute atomic E-state index is 5.37. The average Bonchev–Trinajstić information content (AvgIpc) is 2.47. The molecule has 0 saturated carbocycles. The summed E-state index contributed by atoms with van der Waals surface area (Å²) in [5.41, 5.74) is 4.53. The molecule has 2 rings (SSSR count). The molecule has 0 radical (unpaired) electrons. The molecule has 7 nitrogen and oxygen atoms in total. The Morgan fingerprint density at radius 3 is 2.52 bits per heavy atom. The molecule has 2 aromatic rings. The van der Waals surface area contributed by atoms with E-state index >= 15 is 0 Å². The number of benzene rings is 1. The Morgan fingerprint density at radius 1 is 1.14 bits per heavy atom. The number of nitrogens with zero attached hydrogens (tertiary/aromatic N) is 3. The number of hydrogen-bond acceptors (Lipinski definition) is 7. The Balaban J connectivity index is 2.32. The molecule has 1 aromatic heterocycles. The van der Waals surface area contributed by atoms with Gasteiger partial charge in [-0.2, -0.15) is 15.0 Å². The fourth-order valence-electron chi connectivity index (χ4n) is 1.91. The number of nitrogens with one attached hydrogen (secondary N) is 2. The van der Waals surface area contributed by atoms with Gasteiger partial charge in [0.2, 0.25) is 11.9 Å². The lowest BCUT2D eigenvalue weighted by Crippen LogP contribution is -2.14. The average molecular weight is 288 g/mol. The second-order valence-corrected chi connectivity index (χ2v) is 4.71. The SMILES string of the molecule is CCOc1nc(NN)nc(Nc2ccccc2C(C)C)n1. The summed E-state index contributed by atoms with van der Waals surface area (Å²) in [5, 5.41) is 3.19. The highest BCUT2D eigenvalue weighted by molar-refractivity contribution is 5.60. The second-order valence-electron chi connectivity index (χ2n) is 4.71. The van der Waals surface area contributed by atoms with E-state index in [2.05, 4.69) is 45.6 Å². The van der Waals surface area contributed by atoms with Gasteiger partial charge in [-0.05, 0) is 24.5 Å². The lowest BCUT2D eigenvalue weighted by Gasteiger charge is -2.14. The number of ether oxygens (including phenoxy) is 1. The molecule has 1 aromatic carbocycles. The van der Waals surface area contributed by atoms with Gasteiger partial charge in [-0.1, -0.05) is 32.0 Å². The number of hydrogen-bond donors (Lipinski definition) is 3. The summed E-state index contributed by atoms with van der Waals surface area (Å²) < 4.78 is 5.31. The van der Waals surface area contributed by atoms with Crippen molar-refractivity contribution in [1.82, 2.24) is 15.0 Å². The first kappa shape index (κ1) is 15.0. The molecule has 1 heterocycles. The minimum absolute atomic E-state index is 0.227. The molecule has 0 amide bonds. The van der Waals surface area contributed by atoms with E-state index in [1.165, 1.54) is 5.56 Å². The van der Waals surface area contributed by atoms with Crippen molar-refractivity contribution >= 4 is 17.6 Å². The standard InChI is InChI=1S/C14H20N6O/c1-4-21-14-18-12(17-13(19-14)20-15)16-11-8-6-5-7-10(11)9(2)3/h5-9H,4,15H2,1-3H3,(H2,16,17,18,19,20). The van der Waals surface area contributed by atoms with Crippen molar-refractivity contribution in [3.63, 3.8) is 0 Å². The van der Waals surface area contributed by atoms with E-state index in [-0.39, 0.29) is 12.0 Å². The van der Waals surface area contributed by atoms with E-state index in [0.717, 1.165) is 5.69 Å². The summed E-state index contributed by atoms with van der Waals surface area (Å²) in [6, 6.07) is 8.24. The summed E-state index contributed by atoms with van der Waals surface area (Å²) in [6.45, 7) is 6.59. The Bertz CT molecular complexity index is 602. The largest absolute Gasteiger partial charge is 0.464 e. The van der Waals surface area contributed by atoms with E-state index in [1.54, 1.807) is 0 Å². The molecule has 0 aliphatic rings. The van der Waals surface area contributed by atoms with Crippen LogP contribution in [0.3, 0.4) is 0 Å². The molecule has 0 unspecified atom stereocenters. The molecule has 0 bridgehead atoms. The Kier molecular flexibility index (Phi) is 4.89. The monoisotopic (exact) mass is 288 g/mol. The minimum Gasteiger partial charge on any atom is -0.464 e. The zero-order valence-corrected chi connectivity index (χ0v) is 12.4. The summed E-state index contributed by atoms with van der Waals surface area (Å²) >= 11 is 0. The number of rotatable bonds is 6. The first-order chi connectivity index (χ1) is 10.1. The summed E-state index contributed by atoms with van der Waals surface area (Å²) in [4.78, 5) is 12.4. The Morgan fingerprint density at radius 2 is 1.86 bits per heavy atom. The van der Waals surface area contributed by atoms with Crippen molar-refractivity contribution in [3.8, 4) is 6.01 Å². The summed E-state index contributed by atoms with van der Waals surface area (Å²) in [5.74, 6) is 6.38. The molecule has 4 N–H and O–H groups in total. The minimum atomic E-state index is 0.227. The predicted octanol–water partition coefficient (Wildman–Crippen LogP) is 2.42. The molecule has 7 heteroatoms. The third kappa shape index (κ3) is 3.79. The number of nitrogens with two attached hydrogens (primary N) is 1. The fraction of sp³-hybridized carbons (Fsp3) is 0.357. The molecule has 0 aliphatic heterocycles. The topological polar surface area (TPSA) is 98.0 Å². The molecule has 0 spiro atoms. The van der Waals surface area contributed by atoms with Gasteiger partial charge in [0.05, 0.1) is 6.61 Å². The third-order valence-electron chi connectivity index (χ3n) is 2.85. The Labute approximate surface area is 123 Å². The van der Waals surface area contributed by atoms with E-state index in [4.69, 9.17) is 10.6 Å². The lowest BCUT2D eigenvalue weighted by atomic mass is 10.0. The molecule has 0 saturated heterocycles. The van der Waals surface area contributed by atoms with Gasteiger partial charge in [-0.25, -0.2) is 5.84 Å². The van der Waals surface area contributed by atoms with Crippen LogP contribution in [-0.4, -0.2) is 21.6 Å². The van der Waals surface area contributed by atoms with Crippen molar-refractivity contribution < 1.29 is 4.74 Å². The van der Waals surface area contributed by atoms with Crippen LogP contribution in [0, 0.1) is 0 Å². The van der Waals surface area contributed by atoms with Crippen LogP contribution in [0.4, 0.5) is 17.6 Å². The van der Waals surface area contributed by atoms with E-state index < -0.39 is 0 Å². The highest BCUT2D eigenvalue weighted by Gasteiger charge is 2.10. The van der Waals surface area contributed by atoms with Gasteiger partial charge in [0, 0.05) is 5.69 Å². The maximum Gasteiger partial charge on any atom is 0.323 e. The molecular formula is C14H20N6O. The van der Waals surface area contributed by atoms with Crippen molar-refractivity contribution in [2.24, 2.45) is 5.84 Å². The number of nitrogen functional groups attached to an aromatic ring is 1. The van der Waals surface area contributed by atoms with Crippen molar-refractivity contribution in [3.05, 3.63) is 29.8 Å². The van der Waals surface area contributed by atoms with Crippen molar-refractivity contribution in [2.45, 2.75) is 26.7 Å². The molecule has 0 atom stereocenters. The number of para-hydroxylation sites is 1. The van der Waals surface area contributed by atoms with E-state index in [1.807, 2.05) is 25.1 Å². The first-order valence-electron chi connectivity index (χ1n) is 6.85. The number of aromatic nitrogens is 3.